The number of hydrogen-bond acceptors (Lipinski definition) is 4. The van der Waals surface area contributed by atoms with Crippen LogP contribution in [0.15, 0.2) is 36.7 Å². The average molecular weight is 239 g/mol. The Labute approximate surface area is 106 Å². The van der Waals surface area contributed by atoms with Crippen LogP contribution in [-0.4, -0.2) is 16.6 Å². The summed E-state index contributed by atoms with van der Waals surface area (Å²) in [5, 5.41) is 9.11. The van der Waals surface area contributed by atoms with Gasteiger partial charge in [-0.05, 0) is 24.6 Å². The molecule has 0 saturated heterocycles. The number of nitrogens with zero attached hydrogens (tertiary/aromatic N) is 3. The summed E-state index contributed by atoms with van der Waals surface area (Å²) in [6.45, 7) is 2.60. The lowest BCUT2D eigenvalue weighted by atomic mass is 10.2. The Balaban J connectivity index is 2.34. The minimum absolute atomic E-state index is 0.485. The highest BCUT2D eigenvalue weighted by molar-refractivity contribution is 5.58. The average Bonchev–Trinajstić information content (AvgIpc) is 2.46. The second kappa shape index (κ2) is 5.78. The van der Waals surface area contributed by atoms with Gasteiger partial charge in [-0.25, -0.2) is 0 Å². The lowest BCUT2D eigenvalue weighted by Crippen LogP contribution is -1.99. The maximum absolute atomic E-state index is 9.11. The van der Waals surface area contributed by atoms with Gasteiger partial charge in [-0.3, -0.25) is 9.97 Å². The van der Waals surface area contributed by atoms with E-state index in [1.165, 1.54) is 0 Å². The Hall–Kier alpha value is -2.41. The zero-order valence-electron chi connectivity index (χ0n) is 10.1. The zero-order valence-corrected chi connectivity index (χ0v) is 10.1. The van der Waals surface area contributed by atoms with Crippen molar-refractivity contribution >= 4 is 0 Å². The number of pyridine rings is 2. The topological polar surface area (TPSA) is 58.8 Å². The van der Waals surface area contributed by atoms with Crippen LogP contribution >= 0.6 is 0 Å². The largest absolute Gasteiger partial charge is 0.491 e. The molecule has 90 valence electrons. The van der Waals surface area contributed by atoms with Gasteiger partial charge in [0.15, 0.2) is 5.75 Å². The molecule has 0 spiro atoms. The second-order valence-corrected chi connectivity index (χ2v) is 3.74. The molecule has 0 aliphatic heterocycles. The fourth-order valence-corrected chi connectivity index (χ4v) is 1.51. The van der Waals surface area contributed by atoms with Gasteiger partial charge in [0, 0.05) is 6.20 Å². The van der Waals surface area contributed by atoms with Crippen molar-refractivity contribution in [2.45, 2.75) is 13.3 Å². The first-order chi connectivity index (χ1) is 8.85. The standard InChI is InChI=1S/C14H13N3O/c1-2-7-18-14-10-17-13(8-11(14)9-15)12-5-3-4-6-16-12/h3-6,8,10H,2,7H2,1H3. The summed E-state index contributed by atoms with van der Waals surface area (Å²) in [5.74, 6) is 0.527. The van der Waals surface area contributed by atoms with Gasteiger partial charge in [0.05, 0.1) is 29.8 Å². The molecule has 2 rings (SSSR count). The van der Waals surface area contributed by atoms with Crippen molar-refractivity contribution in [3.63, 3.8) is 0 Å². The van der Waals surface area contributed by atoms with Gasteiger partial charge < -0.3 is 4.74 Å². The van der Waals surface area contributed by atoms with Gasteiger partial charge in [-0.2, -0.15) is 5.26 Å². The van der Waals surface area contributed by atoms with E-state index in [0.717, 1.165) is 12.1 Å². The van der Waals surface area contributed by atoms with Crippen molar-refractivity contribution in [2.75, 3.05) is 6.61 Å². The Kier molecular flexibility index (Phi) is 3.87. The molecule has 4 nitrogen and oxygen atoms in total. The summed E-state index contributed by atoms with van der Waals surface area (Å²) in [5.41, 5.74) is 1.91. The molecule has 0 atom stereocenters. The molecule has 0 bridgehead atoms. The molecule has 0 saturated carbocycles. The van der Waals surface area contributed by atoms with E-state index in [1.54, 1.807) is 18.5 Å². The summed E-state index contributed by atoms with van der Waals surface area (Å²) < 4.78 is 5.46. The van der Waals surface area contributed by atoms with E-state index >= 15 is 0 Å². The predicted molar refractivity (Wildman–Crippen MR) is 68.0 cm³/mol. The molecule has 0 aromatic carbocycles. The van der Waals surface area contributed by atoms with Crippen molar-refractivity contribution < 1.29 is 4.74 Å². The Bertz CT molecular complexity index is 561. The fraction of sp³-hybridized carbons (Fsp3) is 0.214. The quantitative estimate of drug-likeness (QED) is 0.823. The van der Waals surface area contributed by atoms with Crippen molar-refractivity contribution in [3.05, 3.63) is 42.2 Å². The summed E-state index contributed by atoms with van der Waals surface area (Å²) in [6, 6.07) is 9.41. The summed E-state index contributed by atoms with van der Waals surface area (Å²) in [6.07, 6.45) is 4.18. The van der Waals surface area contributed by atoms with Crippen molar-refractivity contribution in [1.82, 2.24) is 9.97 Å². The van der Waals surface area contributed by atoms with Crippen molar-refractivity contribution in [2.24, 2.45) is 0 Å². The fourth-order valence-electron chi connectivity index (χ4n) is 1.51. The minimum Gasteiger partial charge on any atom is -0.491 e. The molecular weight excluding hydrogens is 226 g/mol. The molecule has 2 aromatic heterocycles. The van der Waals surface area contributed by atoms with Gasteiger partial charge in [0.1, 0.15) is 6.07 Å². The first-order valence-electron chi connectivity index (χ1n) is 5.79. The molecule has 0 radical (unpaired) electrons. The van der Waals surface area contributed by atoms with E-state index < -0.39 is 0 Å². The number of rotatable bonds is 4. The predicted octanol–water partition coefficient (Wildman–Crippen LogP) is 2.80. The summed E-state index contributed by atoms with van der Waals surface area (Å²) in [7, 11) is 0. The SMILES string of the molecule is CCCOc1cnc(-c2ccccn2)cc1C#N. The Morgan fingerprint density at radius 3 is 2.83 bits per heavy atom. The molecular formula is C14H13N3O. The first-order valence-corrected chi connectivity index (χ1v) is 5.79. The van der Waals surface area contributed by atoms with Crippen molar-refractivity contribution in [1.29, 1.82) is 5.26 Å². The third-order valence-electron chi connectivity index (χ3n) is 2.38. The second-order valence-electron chi connectivity index (χ2n) is 3.74. The highest BCUT2D eigenvalue weighted by Gasteiger charge is 2.07. The van der Waals surface area contributed by atoms with Gasteiger partial charge in [-0.15, -0.1) is 0 Å². The normalized spacial score (nSPS) is 9.78. The van der Waals surface area contributed by atoms with Crippen LogP contribution in [0.4, 0.5) is 0 Å². The van der Waals surface area contributed by atoms with E-state index in [4.69, 9.17) is 10.00 Å². The molecule has 0 N–H and O–H groups in total. The van der Waals surface area contributed by atoms with Gasteiger partial charge in [0.25, 0.3) is 0 Å². The molecule has 0 aliphatic carbocycles. The molecule has 0 aliphatic rings. The number of ether oxygens (including phenoxy) is 1. The summed E-state index contributed by atoms with van der Waals surface area (Å²) >= 11 is 0. The molecule has 18 heavy (non-hydrogen) atoms. The minimum atomic E-state index is 0.485. The Morgan fingerprint density at radius 2 is 2.17 bits per heavy atom. The van der Waals surface area contributed by atoms with Crippen molar-refractivity contribution in [3.8, 4) is 23.2 Å². The molecule has 0 unspecified atom stereocenters. The molecule has 0 amide bonds. The van der Waals surface area contributed by atoms with Crippen LogP contribution in [0.25, 0.3) is 11.4 Å². The zero-order chi connectivity index (χ0) is 12.8. The third-order valence-corrected chi connectivity index (χ3v) is 2.38. The van der Waals surface area contributed by atoms with Gasteiger partial charge >= 0.3 is 0 Å². The molecule has 4 heteroatoms. The highest BCUT2D eigenvalue weighted by atomic mass is 16.5. The first kappa shape index (κ1) is 12.1. The molecule has 2 heterocycles. The van der Waals surface area contributed by atoms with Crippen LogP contribution in [0.1, 0.15) is 18.9 Å². The van der Waals surface area contributed by atoms with E-state index in [0.29, 0.717) is 23.6 Å². The maximum Gasteiger partial charge on any atom is 0.155 e. The van der Waals surface area contributed by atoms with E-state index in [-0.39, 0.29) is 0 Å². The van der Waals surface area contributed by atoms with Crippen LogP contribution in [0.3, 0.4) is 0 Å². The van der Waals surface area contributed by atoms with Gasteiger partial charge in [-0.1, -0.05) is 13.0 Å². The maximum atomic E-state index is 9.11. The van der Waals surface area contributed by atoms with Crippen LogP contribution in [0, 0.1) is 11.3 Å². The monoisotopic (exact) mass is 239 g/mol. The number of hydrogen-bond donors (Lipinski definition) is 0. The van der Waals surface area contributed by atoms with Crippen LogP contribution in [0.2, 0.25) is 0 Å². The lowest BCUT2D eigenvalue weighted by molar-refractivity contribution is 0.315. The molecule has 0 fully saturated rings. The van der Waals surface area contributed by atoms with Gasteiger partial charge in [0.2, 0.25) is 0 Å². The van der Waals surface area contributed by atoms with E-state index in [2.05, 4.69) is 16.0 Å². The smallest absolute Gasteiger partial charge is 0.155 e. The highest BCUT2D eigenvalue weighted by Crippen LogP contribution is 2.22. The summed E-state index contributed by atoms with van der Waals surface area (Å²) in [4.78, 5) is 8.48. The van der Waals surface area contributed by atoms with Crippen LogP contribution in [0.5, 0.6) is 5.75 Å². The molecule has 2 aromatic rings. The van der Waals surface area contributed by atoms with E-state index in [9.17, 15) is 0 Å². The van der Waals surface area contributed by atoms with Crippen LogP contribution in [-0.2, 0) is 0 Å². The third kappa shape index (κ3) is 2.64. The lowest BCUT2D eigenvalue weighted by Gasteiger charge is -2.07. The van der Waals surface area contributed by atoms with Crippen LogP contribution < -0.4 is 4.74 Å². The Morgan fingerprint density at radius 1 is 1.28 bits per heavy atom. The number of aromatic nitrogens is 2. The van der Waals surface area contributed by atoms with E-state index in [1.807, 2.05) is 25.1 Å². The number of nitriles is 1.